The van der Waals surface area contributed by atoms with Gasteiger partial charge in [0.2, 0.25) is 0 Å². The molecule has 23 heavy (non-hydrogen) atoms. The molecule has 0 unspecified atom stereocenters. The zero-order chi connectivity index (χ0) is 17.0. The second kappa shape index (κ2) is 7.03. The number of ether oxygens (including phenoxy) is 1. The van der Waals surface area contributed by atoms with Crippen molar-refractivity contribution in [3.8, 4) is 5.75 Å². The van der Waals surface area contributed by atoms with E-state index < -0.39 is 10.2 Å². The van der Waals surface area contributed by atoms with Crippen LogP contribution < -0.4 is 14.8 Å². The van der Waals surface area contributed by atoms with Crippen LogP contribution in [0, 0.1) is 0 Å². The Morgan fingerprint density at radius 1 is 1.22 bits per heavy atom. The lowest BCUT2D eigenvalue weighted by Gasteiger charge is -2.14. The summed E-state index contributed by atoms with van der Waals surface area (Å²) in [6.45, 7) is 0. The van der Waals surface area contributed by atoms with Gasteiger partial charge in [-0.1, -0.05) is 11.6 Å². The molecule has 124 valence electrons. The minimum atomic E-state index is -3.55. The molecule has 0 atom stereocenters. The number of methoxy groups -OCH3 is 1. The Hall–Kier alpha value is -2.03. The molecule has 0 radical (unpaired) electrons. The summed E-state index contributed by atoms with van der Waals surface area (Å²) in [4.78, 5) is 4.17. The fraction of sp³-hybridized carbons (Fsp3) is 0.214. The minimum Gasteiger partial charge on any atom is -0.495 e. The Balaban J connectivity index is 2.16. The molecule has 9 heteroatoms. The third-order valence-corrected chi connectivity index (χ3v) is 4.61. The van der Waals surface area contributed by atoms with Gasteiger partial charge in [0.1, 0.15) is 11.6 Å². The minimum absolute atomic E-state index is 0.363. The average Bonchev–Trinajstić information content (AvgIpc) is 2.49. The van der Waals surface area contributed by atoms with Gasteiger partial charge in [-0.05, 0) is 30.3 Å². The number of aromatic nitrogens is 1. The van der Waals surface area contributed by atoms with E-state index in [1.165, 1.54) is 20.3 Å². The number of nitrogens with zero attached hydrogens (tertiary/aromatic N) is 2. The molecule has 0 aliphatic carbocycles. The molecule has 1 heterocycles. The first-order chi connectivity index (χ1) is 10.8. The van der Waals surface area contributed by atoms with Crippen molar-refractivity contribution in [1.29, 1.82) is 0 Å². The van der Waals surface area contributed by atoms with Crippen molar-refractivity contribution in [3.05, 3.63) is 41.6 Å². The van der Waals surface area contributed by atoms with Crippen molar-refractivity contribution >= 4 is 39.0 Å². The van der Waals surface area contributed by atoms with Gasteiger partial charge in [0.05, 0.1) is 24.7 Å². The van der Waals surface area contributed by atoms with Crippen molar-refractivity contribution in [2.24, 2.45) is 0 Å². The summed E-state index contributed by atoms with van der Waals surface area (Å²) in [5.41, 5.74) is 1.02. The molecule has 2 N–H and O–H groups in total. The van der Waals surface area contributed by atoms with Gasteiger partial charge in [-0.15, -0.1) is 0 Å². The van der Waals surface area contributed by atoms with Crippen LogP contribution in [0.4, 0.5) is 17.2 Å². The van der Waals surface area contributed by atoms with E-state index in [0.717, 1.165) is 4.31 Å². The zero-order valence-electron chi connectivity index (χ0n) is 12.9. The highest BCUT2D eigenvalue weighted by molar-refractivity contribution is 7.90. The quantitative estimate of drug-likeness (QED) is 0.831. The number of nitrogens with one attached hydrogen (secondary N) is 2. The molecule has 2 aromatic rings. The third kappa shape index (κ3) is 4.47. The van der Waals surface area contributed by atoms with Crippen LogP contribution in [0.5, 0.6) is 5.75 Å². The lowest BCUT2D eigenvalue weighted by Crippen LogP contribution is -2.28. The smallest absolute Gasteiger partial charge is 0.301 e. The van der Waals surface area contributed by atoms with E-state index in [0.29, 0.717) is 28.0 Å². The number of halogens is 1. The number of benzene rings is 1. The normalized spacial score (nSPS) is 11.3. The number of pyridine rings is 1. The molecule has 0 aliphatic rings. The standard InChI is InChI=1S/C14H17ClN4O3S/c1-19(2)23(20,21)18-11-5-7-14(16-9-11)17-12-8-10(15)4-6-13(12)22-3/h4-9,18H,1-3H3,(H,16,17). The van der Waals surface area contributed by atoms with Crippen molar-refractivity contribution in [1.82, 2.24) is 9.29 Å². The van der Waals surface area contributed by atoms with Gasteiger partial charge >= 0.3 is 10.2 Å². The van der Waals surface area contributed by atoms with Gasteiger partial charge in [-0.2, -0.15) is 12.7 Å². The van der Waals surface area contributed by atoms with Crippen LogP contribution in [0.1, 0.15) is 0 Å². The van der Waals surface area contributed by atoms with Crippen LogP contribution >= 0.6 is 11.6 Å². The van der Waals surface area contributed by atoms with Crippen LogP contribution in [0.3, 0.4) is 0 Å². The highest BCUT2D eigenvalue weighted by Crippen LogP contribution is 2.30. The van der Waals surface area contributed by atoms with Crippen LogP contribution in [-0.2, 0) is 10.2 Å². The van der Waals surface area contributed by atoms with Crippen molar-refractivity contribution in [2.75, 3.05) is 31.2 Å². The van der Waals surface area contributed by atoms with Crippen LogP contribution in [0.25, 0.3) is 0 Å². The Bertz CT molecular complexity index is 779. The lowest BCUT2D eigenvalue weighted by molar-refractivity contribution is 0.417. The summed E-state index contributed by atoms with van der Waals surface area (Å²) in [6, 6.07) is 8.42. The van der Waals surface area contributed by atoms with Gasteiger partial charge < -0.3 is 10.1 Å². The fourth-order valence-electron chi connectivity index (χ4n) is 1.68. The van der Waals surface area contributed by atoms with E-state index in [-0.39, 0.29) is 0 Å². The zero-order valence-corrected chi connectivity index (χ0v) is 14.4. The molecule has 0 bridgehead atoms. The average molecular weight is 357 g/mol. The predicted octanol–water partition coefficient (Wildman–Crippen LogP) is 2.71. The maximum Gasteiger partial charge on any atom is 0.301 e. The number of anilines is 3. The van der Waals surface area contributed by atoms with E-state index in [1.54, 1.807) is 37.4 Å². The maximum atomic E-state index is 11.7. The highest BCUT2D eigenvalue weighted by Gasteiger charge is 2.13. The first kappa shape index (κ1) is 17.3. The van der Waals surface area contributed by atoms with Gasteiger partial charge in [0.15, 0.2) is 0 Å². The Morgan fingerprint density at radius 3 is 2.52 bits per heavy atom. The molecule has 0 saturated carbocycles. The Labute approximate surface area is 140 Å². The van der Waals surface area contributed by atoms with Crippen LogP contribution in [0.2, 0.25) is 5.02 Å². The van der Waals surface area contributed by atoms with E-state index >= 15 is 0 Å². The van der Waals surface area contributed by atoms with Crippen molar-refractivity contribution in [2.45, 2.75) is 0 Å². The molecule has 1 aromatic carbocycles. The first-order valence-electron chi connectivity index (χ1n) is 6.59. The molecule has 1 aromatic heterocycles. The summed E-state index contributed by atoms with van der Waals surface area (Å²) in [5.74, 6) is 1.15. The number of hydrogen-bond acceptors (Lipinski definition) is 5. The lowest BCUT2D eigenvalue weighted by atomic mass is 10.3. The van der Waals surface area contributed by atoms with Gasteiger partial charge in [-0.25, -0.2) is 4.98 Å². The Kier molecular flexibility index (Phi) is 5.30. The molecule has 0 spiro atoms. The summed E-state index contributed by atoms with van der Waals surface area (Å²) in [7, 11) is 0.886. The molecule has 0 aliphatic heterocycles. The van der Waals surface area contributed by atoms with Gasteiger partial charge in [-0.3, -0.25) is 4.72 Å². The maximum absolute atomic E-state index is 11.7. The van der Waals surface area contributed by atoms with Gasteiger partial charge in [0.25, 0.3) is 0 Å². The molecular formula is C14H17ClN4O3S. The Morgan fingerprint density at radius 2 is 1.96 bits per heavy atom. The molecular weight excluding hydrogens is 340 g/mol. The summed E-state index contributed by atoms with van der Waals surface area (Å²) >= 11 is 5.97. The number of hydrogen-bond donors (Lipinski definition) is 2. The van der Waals surface area contributed by atoms with Crippen molar-refractivity contribution < 1.29 is 13.2 Å². The van der Waals surface area contributed by atoms with Crippen molar-refractivity contribution in [3.63, 3.8) is 0 Å². The SMILES string of the molecule is COc1ccc(Cl)cc1Nc1ccc(NS(=O)(=O)N(C)C)cn1. The third-order valence-electron chi connectivity index (χ3n) is 2.92. The topological polar surface area (TPSA) is 83.6 Å². The molecule has 0 saturated heterocycles. The fourth-order valence-corrected chi connectivity index (χ4v) is 2.46. The predicted molar refractivity (Wildman–Crippen MR) is 91.8 cm³/mol. The van der Waals surface area contributed by atoms with Crippen LogP contribution in [0.15, 0.2) is 36.5 Å². The summed E-state index contributed by atoms with van der Waals surface area (Å²) in [5, 5.41) is 3.63. The second-order valence-electron chi connectivity index (χ2n) is 4.79. The second-order valence-corrected chi connectivity index (χ2v) is 7.11. The van der Waals surface area contributed by atoms with E-state index in [4.69, 9.17) is 16.3 Å². The molecule has 0 amide bonds. The molecule has 0 fully saturated rings. The van der Waals surface area contributed by atoms with Crippen LogP contribution in [-0.4, -0.2) is 38.9 Å². The summed E-state index contributed by atoms with van der Waals surface area (Å²) < 4.78 is 32.2. The largest absolute Gasteiger partial charge is 0.495 e. The summed E-state index contributed by atoms with van der Waals surface area (Å²) in [6.07, 6.45) is 1.42. The van der Waals surface area contributed by atoms with E-state index in [1.807, 2.05) is 0 Å². The van der Waals surface area contributed by atoms with E-state index in [2.05, 4.69) is 15.0 Å². The van der Waals surface area contributed by atoms with E-state index in [9.17, 15) is 8.42 Å². The van der Waals surface area contributed by atoms with Gasteiger partial charge in [0, 0.05) is 19.1 Å². The highest BCUT2D eigenvalue weighted by atomic mass is 35.5. The first-order valence-corrected chi connectivity index (χ1v) is 8.40. The molecule has 2 rings (SSSR count). The monoisotopic (exact) mass is 356 g/mol. The number of rotatable bonds is 6. The molecule has 7 nitrogen and oxygen atoms in total.